The van der Waals surface area contributed by atoms with Crippen molar-refractivity contribution in [2.24, 2.45) is 0 Å². The number of hydrogen-bond acceptors (Lipinski definition) is 3. The van der Waals surface area contributed by atoms with Crippen LogP contribution in [-0.4, -0.2) is 40.2 Å². The zero-order valence-corrected chi connectivity index (χ0v) is 12.6. The van der Waals surface area contributed by atoms with Crippen LogP contribution in [0.3, 0.4) is 0 Å². The maximum atomic E-state index is 11.9. The number of amides is 1. The molecule has 0 spiro atoms. The van der Waals surface area contributed by atoms with Gasteiger partial charge in [0, 0.05) is 25.8 Å². The molecule has 0 aromatic carbocycles. The van der Waals surface area contributed by atoms with E-state index in [1.54, 1.807) is 0 Å². The standard InChI is InChI=1S/C15H26N4O/c1-3-14(4-2)19-10-7-13(17-19)11-16-12-15(20)18-8-5-6-9-18/h7,10,14,16H,3-6,8-9,11-12H2,1-2H3. The molecule has 0 atom stereocenters. The molecule has 0 aliphatic carbocycles. The van der Waals surface area contributed by atoms with Gasteiger partial charge in [-0.25, -0.2) is 0 Å². The highest BCUT2D eigenvalue weighted by Gasteiger charge is 2.17. The lowest BCUT2D eigenvalue weighted by Crippen LogP contribution is -2.36. The van der Waals surface area contributed by atoms with Crippen molar-refractivity contribution < 1.29 is 4.79 Å². The predicted molar refractivity (Wildman–Crippen MR) is 79.4 cm³/mol. The molecule has 0 radical (unpaired) electrons. The van der Waals surface area contributed by atoms with Crippen molar-refractivity contribution in [3.05, 3.63) is 18.0 Å². The van der Waals surface area contributed by atoms with E-state index in [1.165, 1.54) is 0 Å². The maximum Gasteiger partial charge on any atom is 0.236 e. The van der Waals surface area contributed by atoms with E-state index in [2.05, 4.69) is 24.3 Å². The van der Waals surface area contributed by atoms with E-state index in [9.17, 15) is 4.79 Å². The summed E-state index contributed by atoms with van der Waals surface area (Å²) in [5.41, 5.74) is 1.01. The van der Waals surface area contributed by atoms with Crippen LogP contribution in [0.15, 0.2) is 12.3 Å². The summed E-state index contributed by atoms with van der Waals surface area (Å²) in [6, 6.07) is 2.51. The highest BCUT2D eigenvalue weighted by atomic mass is 16.2. The highest BCUT2D eigenvalue weighted by Crippen LogP contribution is 2.14. The molecule has 20 heavy (non-hydrogen) atoms. The van der Waals surface area contributed by atoms with E-state index in [4.69, 9.17) is 0 Å². The molecule has 0 saturated carbocycles. The van der Waals surface area contributed by atoms with Crippen LogP contribution in [0, 0.1) is 0 Å². The summed E-state index contributed by atoms with van der Waals surface area (Å²) in [5.74, 6) is 0.210. The molecule has 5 heteroatoms. The molecular weight excluding hydrogens is 252 g/mol. The minimum atomic E-state index is 0.210. The number of aromatic nitrogens is 2. The van der Waals surface area contributed by atoms with Gasteiger partial charge in [0.15, 0.2) is 0 Å². The molecule has 112 valence electrons. The minimum absolute atomic E-state index is 0.210. The van der Waals surface area contributed by atoms with Crippen molar-refractivity contribution in [3.8, 4) is 0 Å². The molecule has 2 rings (SSSR count). The SMILES string of the molecule is CCC(CC)n1ccc(CNCC(=O)N2CCCC2)n1. The van der Waals surface area contributed by atoms with Crippen LogP contribution < -0.4 is 5.32 Å². The Kier molecular flexibility index (Phi) is 5.59. The van der Waals surface area contributed by atoms with Crippen molar-refractivity contribution in [2.45, 2.75) is 52.1 Å². The summed E-state index contributed by atoms with van der Waals surface area (Å²) >= 11 is 0. The largest absolute Gasteiger partial charge is 0.342 e. The van der Waals surface area contributed by atoms with E-state index < -0.39 is 0 Å². The zero-order chi connectivity index (χ0) is 14.4. The molecular formula is C15H26N4O. The van der Waals surface area contributed by atoms with Gasteiger partial charge in [0.1, 0.15) is 0 Å². The Labute approximate surface area is 121 Å². The second-order valence-electron chi connectivity index (χ2n) is 5.45. The predicted octanol–water partition coefficient (Wildman–Crippen LogP) is 1.96. The van der Waals surface area contributed by atoms with Crippen LogP contribution in [-0.2, 0) is 11.3 Å². The number of carbonyl (C=O) groups excluding carboxylic acids is 1. The van der Waals surface area contributed by atoms with Crippen LogP contribution in [0.25, 0.3) is 0 Å². The normalized spacial score (nSPS) is 15.2. The fraction of sp³-hybridized carbons (Fsp3) is 0.733. The third-order valence-corrected chi connectivity index (χ3v) is 4.02. The molecule has 0 bridgehead atoms. The number of nitrogens with zero attached hydrogens (tertiary/aromatic N) is 3. The average Bonchev–Trinajstić information content (AvgIpc) is 3.11. The molecule has 1 fully saturated rings. The van der Waals surface area contributed by atoms with Gasteiger partial charge in [0.25, 0.3) is 0 Å². The van der Waals surface area contributed by atoms with Crippen molar-refractivity contribution in [2.75, 3.05) is 19.6 Å². The second kappa shape index (κ2) is 7.43. The second-order valence-corrected chi connectivity index (χ2v) is 5.45. The quantitative estimate of drug-likeness (QED) is 0.829. The van der Waals surface area contributed by atoms with Gasteiger partial charge in [-0.15, -0.1) is 0 Å². The highest BCUT2D eigenvalue weighted by molar-refractivity contribution is 5.78. The molecule has 1 aromatic heterocycles. The summed E-state index contributed by atoms with van der Waals surface area (Å²) in [5, 5.41) is 7.78. The van der Waals surface area contributed by atoms with Crippen LogP contribution >= 0.6 is 0 Å². The number of nitrogens with one attached hydrogen (secondary N) is 1. The van der Waals surface area contributed by atoms with Crippen molar-refractivity contribution in [1.82, 2.24) is 20.0 Å². The van der Waals surface area contributed by atoms with E-state index in [0.29, 0.717) is 19.1 Å². The summed E-state index contributed by atoms with van der Waals surface area (Å²) in [6.45, 7) is 7.28. The van der Waals surface area contributed by atoms with Crippen LogP contribution in [0.1, 0.15) is 51.3 Å². The molecule has 1 aromatic rings. The lowest BCUT2D eigenvalue weighted by atomic mass is 10.2. The number of hydrogen-bond donors (Lipinski definition) is 1. The van der Waals surface area contributed by atoms with E-state index in [1.807, 2.05) is 21.8 Å². The molecule has 1 N–H and O–H groups in total. The molecule has 2 heterocycles. The Hall–Kier alpha value is -1.36. The molecule has 1 aliphatic rings. The van der Waals surface area contributed by atoms with E-state index >= 15 is 0 Å². The molecule has 5 nitrogen and oxygen atoms in total. The Balaban J connectivity index is 1.75. The monoisotopic (exact) mass is 278 g/mol. The first-order chi connectivity index (χ1) is 9.74. The minimum Gasteiger partial charge on any atom is -0.342 e. The Morgan fingerprint density at radius 1 is 1.35 bits per heavy atom. The lowest BCUT2D eigenvalue weighted by Gasteiger charge is -2.15. The van der Waals surface area contributed by atoms with Crippen molar-refractivity contribution in [1.29, 1.82) is 0 Å². The molecule has 1 aliphatic heterocycles. The molecule has 1 amide bonds. The smallest absolute Gasteiger partial charge is 0.236 e. The Morgan fingerprint density at radius 3 is 2.70 bits per heavy atom. The van der Waals surface area contributed by atoms with Gasteiger partial charge in [0.05, 0.1) is 18.3 Å². The van der Waals surface area contributed by atoms with Gasteiger partial charge < -0.3 is 10.2 Å². The maximum absolute atomic E-state index is 11.9. The fourth-order valence-corrected chi connectivity index (χ4v) is 2.71. The summed E-state index contributed by atoms with van der Waals surface area (Å²) in [7, 11) is 0. The van der Waals surface area contributed by atoms with Gasteiger partial charge in [0.2, 0.25) is 5.91 Å². The first-order valence-electron chi connectivity index (χ1n) is 7.77. The van der Waals surface area contributed by atoms with Crippen LogP contribution in [0.2, 0.25) is 0 Å². The van der Waals surface area contributed by atoms with Gasteiger partial charge in [-0.3, -0.25) is 9.48 Å². The molecule has 1 saturated heterocycles. The van der Waals surface area contributed by atoms with Gasteiger partial charge in [-0.05, 0) is 31.7 Å². The van der Waals surface area contributed by atoms with Crippen molar-refractivity contribution >= 4 is 5.91 Å². The van der Waals surface area contributed by atoms with Gasteiger partial charge in [-0.1, -0.05) is 13.8 Å². The van der Waals surface area contributed by atoms with Crippen LogP contribution in [0.5, 0.6) is 0 Å². The first kappa shape index (κ1) is 15.0. The first-order valence-corrected chi connectivity index (χ1v) is 7.77. The molecule has 0 unspecified atom stereocenters. The third-order valence-electron chi connectivity index (χ3n) is 4.02. The number of rotatable bonds is 7. The van der Waals surface area contributed by atoms with E-state index in [-0.39, 0.29) is 5.91 Å². The topological polar surface area (TPSA) is 50.2 Å². The third kappa shape index (κ3) is 3.82. The fourth-order valence-electron chi connectivity index (χ4n) is 2.71. The van der Waals surface area contributed by atoms with Crippen LogP contribution in [0.4, 0.5) is 0 Å². The zero-order valence-electron chi connectivity index (χ0n) is 12.6. The average molecular weight is 278 g/mol. The number of likely N-dealkylation sites (tertiary alicyclic amines) is 1. The van der Waals surface area contributed by atoms with E-state index in [0.717, 1.165) is 44.5 Å². The van der Waals surface area contributed by atoms with Crippen molar-refractivity contribution in [3.63, 3.8) is 0 Å². The Morgan fingerprint density at radius 2 is 2.05 bits per heavy atom. The lowest BCUT2D eigenvalue weighted by molar-refractivity contribution is -0.129. The Bertz CT molecular complexity index is 419. The number of carbonyl (C=O) groups is 1. The summed E-state index contributed by atoms with van der Waals surface area (Å²) < 4.78 is 2.04. The summed E-state index contributed by atoms with van der Waals surface area (Å²) in [4.78, 5) is 13.8. The van der Waals surface area contributed by atoms with Gasteiger partial charge in [-0.2, -0.15) is 5.10 Å². The van der Waals surface area contributed by atoms with Gasteiger partial charge >= 0.3 is 0 Å². The summed E-state index contributed by atoms with van der Waals surface area (Å²) in [6.07, 6.45) is 6.52.